The second-order valence-electron chi connectivity index (χ2n) is 5.26. The Kier molecular flexibility index (Phi) is 2.79. The van der Waals surface area contributed by atoms with Gasteiger partial charge >= 0.3 is 5.69 Å². The monoisotopic (exact) mass is 268 g/mol. The van der Waals surface area contributed by atoms with Gasteiger partial charge in [-0.3, -0.25) is 10.1 Å². The third kappa shape index (κ3) is 1.80. The summed E-state index contributed by atoms with van der Waals surface area (Å²) in [4.78, 5) is 13.7. The maximum atomic E-state index is 11.1. The normalized spacial score (nSPS) is 27.8. The minimum atomic E-state index is -0.637. The minimum absolute atomic E-state index is 0.156. The van der Waals surface area contributed by atoms with Crippen LogP contribution in [0.3, 0.4) is 0 Å². The van der Waals surface area contributed by atoms with E-state index in [4.69, 9.17) is 0 Å². The number of aliphatic hydroxyl groups excluding tert-OH is 1. The molecule has 1 N–H and O–H groups in total. The summed E-state index contributed by atoms with van der Waals surface area (Å²) in [5.74, 6) is 0.701. The first kappa shape index (κ1) is 11.9. The van der Waals surface area contributed by atoms with Crippen LogP contribution in [0.4, 0.5) is 10.7 Å². The highest BCUT2D eigenvalue weighted by atomic mass is 32.1. The number of fused-ring (bicyclic) bond motifs is 2. The minimum Gasteiger partial charge on any atom is -0.388 e. The van der Waals surface area contributed by atoms with E-state index in [0.717, 1.165) is 18.0 Å². The van der Waals surface area contributed by atoms with Crippen molar-refractivity contribution in [3.05, 3.63) is 21.1 Å². The molecule has 1 aromatic rings. The summed E-state index contributed by atoms with van der Waals surface area (Å²) in [6.07, 6.45) is 2.93. The Morgan fingerprint density at radius 1 is 1.61 bits per heavy atom. The van der Waals surface area contributed by atoms with Crippen LogP contribution >= 0.6 is 11.3 Å². The first-order valence-corrected chi connectivity index (χ1v) is 7.10. The van der Waals surface area contributed by atoms with E-state index in [1.54, 1.807) is 6.92 Å². The van der Waals surface area contributed by atoms with E-state index in [9.17, 15) is 15.2 Å². The number of anilines is 1. The van der Waals surface area contributed by atoms with Gasteiger partial charge in [0.1, 0.15) is 0 Å². The Hall–Kier alpha value is -1.14. The third-order valence-electron chi connectivity index (χ3n) is 3.99. The van der Waals surface area contributed by atoms with Crippen molar-refractivity contribution in [2.24, 2.45) is 5.92 Å². The van der Waals surface area contributed by atoms with Crippen LogP contribution in [-0.4, -0.2) is 22.6 Å². The van der Waals surface area contributed by atoms with E-state index in [0.29, 0.717) is 16.8 Å². The van der Waals surface area contributed by atoms with Crippen molar-refractivity contribution >= 4 is 22.0 Å². The van der Waals surface area contributed by atoms with Crippen LogP contribution in [0, 0.1) is 16.0 Å². The van der Waals surface area contributed by atoms with Crippen molar-refractivity contribution in [3.63, 3.8) is 0 Å². The molecule has 2 bridgehead atoms. The molecule has 5 nitrogen and oxygen atoms in total. The summed E-state index contributed by atoms with van der Waals surface area (Å²) < 4.78 is 0. The predicted octanol–water partition coefficient (Wildman–Crippen LogP) is 2.70. The molecule has 2 fully saturated rings. The fraction of sp³-hybridized carbons (Fsp3) is 0.667. The number of nitrogens with zero attached hydrogens (tertiary/aromatic N) is 2. The van der Waals surface area contributed by atoms with Crippen LogP contribution in [0.15, 0.2) is 6.07 Å². The second kappa shape index (κ2) is 4.20. The molecule has 1 aliphatic carbocycles. The van der Waals surface area contributed by atoms with Gasteiger partial charge in [-0.15, -0.1) is 11.3 Å². The zero-order valence-corrected chi connectivity index (χ0v) is 11.0. The van der Waals surface area contributed by atoms with E-state index in [2.05, 4.69) is 4.90 Å². The molecular weight excluding hydrogens is 252 g/mol. The molecule has 0 aromatic carbocycles. The highest BCUT2D eigenvalue weighted by Gasteiger charge is 2.41. The van der Waals surface area contributed by atoms with Crippen LogP contribution < -0.4 is 4.90 Å². The maximum Gasteiger partial charge on any atom is 0.304 e. The summed E-state index contributed by atoms with van der Waals surface area (Å²) in [6.45, 7) is 2.58. The lowest BCUT2D eigenvalue weighted by molar-refractivity contribution is -0.383. The Morgan fingerprint density at radius 2 is 2.39 bits per heavy atom. The fourth-order valence-electron chi connectivity index (χ4n) is 3.11. The third-order valence-corrected chi connectivity index (χ3v) is 5.32. The predicted molar refractivity (Wildman–Crippen MR) is 70.1 cm³/mol. The smallest absolute Gasteiger partial charge is 0.304 e. The molecule has 2 unspecified atom stereocenters. The maximum absolute atomic E-state index is 11.1. The van der Waals surface area contributed by atoms with Gasteiger partial charge in [-0.2, -0.15) is 0 Å². The van der Waals surface area contributed by atoms with Crippen LogP contribution in [-0.2, 0) is 0 Å². The van der Waals surface area contributed by atoms with Gasteiger partial charge in [-0.05, 0) is 32.1 Å². The van der Waals surface area contributed by atoms with Crippen molar-refractivity contribution in [1.29, 1.82) is 0 Å². The highest BCUT2D eigenvalue weighted by molar-refractivity contribution is 7.16. The Balaban J connectivity index is 1.97. The quantitative estimate of drug-likeness (QED) is 0.676. The number of thiophene rings is 1. The molecule has 98 valence electrons. The molecule has 0 amide bonds. The number of nitro groups is 1. The Bertz CT molecular complexity index is 486. The molecule has 6 heteroatoms. The van der Waals surface area contributed by atoms with E-state index in [1.165, 1.54) is 30.2 Å². The van der Waals surface area contributed by atoms with Crippen molar-refractivity contribution in [2.45, 2.75) is 38.3 Å². The standard InChI is InChI=1S/C12H16N2O3S/c1-7(15)11-5-10(14(16)17)12(18-11)13-6-8-2-3-9(13)4-8/h5,7-9,15H,2-4,6H2,1H3/t7-,8?,9?/m1/s1. The van der Waals surface area contributed by atoms with E-state index in [-0.39, 0.29) is 10.6 Å². The summed E-state index contributed by atoms with van der Waals surface area (Å²) in [5.41, 5.74) is 0.156. The molecule has 18 heavy (non-hydrogen) atoms. The number of piperidine rings is 1. The zero-order chi connectivity index (χ0) is 12.9. The van der Waals surface area contributed by atoms with Crippen LogP contribution in [0.5, 0.6) is 0 Å². The van der Waals surface area contributed by atoms with Gasteiger partial charge in [0.15, 0.2) is 5.00 Å². The Morgan fingerprint density at radius 3 is 2.89 bits per heavy atom. The molecule has 3 atom stereocenters. The van der Waals surface area contributed by atoms with E-state index < -0.39 is 6.10 Å². The number of hydrogen-bond acceptors (Lipinski definition) is 5. The highest BCUT2D eigenvalue weighted by Crippen LogP contribution is 2.47. The van der Waals surface area contributed by atoms with Crippen molar-refractivity contribution in [1.82, 2.24) is 0 Å². The molecule has 1 aliphatic heterocycles. The Labute approximate surface area is 109 Å². The summed E-state index contributed by atoms with van der Waals surface area (Å²) >= 11 is 1.37. The largest absolute Gasteiger partial charge is 0.388 e. The molecule has 2 heterocycles. The summed E-state index contributed by atoms with van der Waals surface area (Å²) in [6, 6.07) is 1.99. The van der Waals surface area contributed by atoms with E-state index in [1.807, 2.05) is 0 Å². The van der Waals surface area contributed by atoms with Gasteiger partial charge in [-0.1, -0.05) is 0 Å². The number of hydrogen-bond donors (Lipinski definition) is 1. The summed E-state index contributed by atoms with van der Waals surface area (Å²) in [7, 11) is 0. The van der Waals surface area contributed by atoms with Crippen molar-refractivity contribution < 1.29 is 10.0 Å². The van der Waals surface area contributed by atoms with Crippen molar-refractivity contribution in [3.8, 4) is 0 Å². The van der Waals surface area contributed by atoms with Crippen LogP contribution in [0.1, 0.15) is 37.2 Å². The van der Waals surface area contributed by atoms with Gasteiger partial charge in [-0.25, -0.2) is 0 Å². The molecule has 0 radical (unpaired) electrons. The molecule has 2 aliphatic rings. The average Bonchev–Trinajstić information content (AvgIpc) is 3.02. The molecule has 3 rings (SSSR count). The van der Waals surface area contributed by atoms with Gasteiger partial charge in [0.2, 0.25) is 0 Å². The SMILES string of the molecule is C[C@@H](O)c1cc([N+](=O)[O-])c(N2CC3CCC2C3)s1. The zero-order valence-electron chi connectivity index (χ0n) is 10.2. The molecule has 1 saturated carbocycles. The topological polar surface area (TPSA) is 66.6 Å². The first-order chi connectivity index (χ1) is 8.56. The molecular formula is C12H16N2O3S. The van der Waals surface area contributed by atoms with Crippen molar-refractivity contribution in [2.75, 3.05) is 11.4 Å². The average molecular weight is 268 g/mol. The van der Waals surface area contributed by atoms with Gasteiger partial charge in [0.05, 0.1) is 11.0 Å². The van der Waals surface area contributed by atoms with E-state index >= 15 is 0 Å². The van der Waals surface area contributed by atoms with Gasteiger partial charge in [0.25, 0.3) is 0 Å². The van der Waals surface area contributed by atoms with Gasteiger partial charge < -0.3 is 10.0 Å². The second-order valence-corrected chi connectivity index (χ2v) is 6.32. The lowest BCUT2D eigenvalue weighted by atomic mass is 10.1. The number of aliphatic hydroxyl groups is 1. The fourth-order valence-corrected chi connectivity index (χ4v) is 4.25. The molecule has 0 spiro atoms. The first-order valence-electron chi connectivity index (χ1n) is 6.29. The molecule has 1 aromatic heterocycles. The lowest BCUT2D eigenvalue weighted by Crippen LogP contribution is -2.31. The number of rotatable bonds is 3. The van der Waals surface area contributed by atoms with Crippen LogP contribution in [0.2, 0.25) is 0 Å². The lowest BCUT2D eigenvalue weighted by Gasteiger charge is -2.26. The summed E-state index contributed by atoms with van der Waals surface area (Å²) in [5, 5.41) is 21.5. The van der Waals surface area contributed by atoms with Crippen LogP contribution in [0.25, 0.3) is 0 Å². The van der Waals surface area contributed by atoms with Gasteiger partial charge in [0, 0.05) is 23.5 Å². The molecule has 1 saturated heterocycles.